The van der Waals surface area contributed by atoms with E-state index in [-0.39, 0.29) is 0 Å². The molecule has 1 aromatic carbocycles. The zero-order chi connectivity index (χ0) is 13.6. The van der Waals surface area contributed by atoms with Gasteiger partial charge in [0.15, 0.2) is 0 Å². The molecule has 0 unspecified atom stereocenters. The Kier molecular flexibility index (Phi) is 2.78. The van der Waals surface area contributed by atoms with E-state index < -0.39 is 12.0 Å². The van der Waals surface area contributed by atoms with E-state index in [4.69, 9.17) is 11.6 Å². The molecule has 0 saturated heterocycles. The average Bonchev–Trinajstić information content (AvgIpc) is 3.05. The van der Waals surface area contributed by atoms with Crippen molar-refractivity contribution in [2.24, 2.45) is 0 Å². The lowest BCUT2D eigenvalue weighted by molar-refractivity contribution is -0.144. The Morgan fingerprint density at radius 1 is 1.26 bits per heavy atom. The van der Waals surface area contributed by atoms with E-state index in [2.05, 4.69) is 10.1 Å². The van der Waals surface area contributed by atoms with Gasteiger partial charge in [-0.2, -0.15) is 13.2 Å². The van der Waals surface area contributed by atoms with Crippen molar-refractivity contribution >= 4 is 11.6 Å². The van der Waals surface area contributed by atoms with Crippen LogP contribution in [0, 0.1) is 0 Å². The van der Waals surface area contributed by atoms with E-state index in [1.54, 1.807) is 12.1 Å². The highest BCUT2D eigenvalue weighted by Crippen LogP contribution is 2.41. The van der Waals surface area contributed by atoms with Crippen molar-refractivity contribution in [1.82, 2.24) is 14.8 Å². The summed E-state index contributed by atoms with van der Waals surface area (Å²) in [6, 6.07) is 5.32. The third kappa shape index (κ3) is 2.45. The van der Waals surface area contributed by atoms with E-state index in [0.717, 1.165) is 29.4 Å². The van der Waals surface area contributed by atoms with Gasteiger partial charge in [-0.05, 0) is 36.5 Å². The molecule has 0 bridgehead atoms. The van der Waals surface area contributed by atoms with Gasteiger partial charge < -0.3 is 0 Å². The molecule has 1 saturated carbocycles. The van der Waals surface area contributed by atoms with Gasteiger partial charge in [-0.15, -0.1) is 5.10 Å². The fourth-order valence-corrected chi connectivity index (χ4v) is 2.16. The lowest BCUT2D eigenvalue weighted by Crippen LogP contribution is -2.08. The average molecular weight is 288 g/mol. The Hall–Kier alpha value is -1.56. The number of rotatable bonds is 2. The smallest absolute Gasteiger partial charge is 0.219 e. The fourth-order valence-electron chi connectivity index (χ4n) is 1.89. The predicted molar refractivity (Wildman–Crippen MR) is 63.3 cm³/mol. The van der Waals surface area contributed by atoms with Crippen LogP contribution in [0.25, 0.3) is 5.69 Å². The van der Waals surface area contributed by atoms with Crippen LogP contribution in [0.1, 0.15) is 30.1 Å². The second kappa shape index (κ2) is 4.23. The maximum absolute atomic E-state index is 12.4. The van der Waals surface area contributed by atoms with Gasteiger partial charge in [0.2, 0.25) is 0 Å². The lowest BCUT2D eigenvalue weighted by atomic mass is 10.1. The number of aromatic nitrogens is 3. The number of halogens is 4. The maximum Gasteiger partial charge on any atom is 0.453 e. The normalized spacial score (nSPS) is 15.8. The van der Waals surface area contributed by atoms with Gasteiger partial charge in [0, 0.05) is 0 Å². The molecule has 0 aliphatic heterocycles. The maximum atomic E-state index is 12.4. The minimum atomic E-state index is -4.55. The summed E-state index contributed by atoms with van der Waals surface area (Å²) in [6.45, 7) is 0. The van der Waals surface area contributed by atoms with Crippen molar-refractivity contribution in [2.45, 2.75) is 24.9 Å². The van der Waals surface area contributed by atoms with Crippen molar-refractivity contribution in [3.63, 3.8) is 0 Å². The third-order valence-corrected chi connectivity index (χ3v) is 3.32. The lowest BCUT2D eigenvalue weighted by Gasteiger charge is -2.06. The molecule has 0 N–H and O–H groups in total. The molecule has 100 valence electrons. The molecule has 3 nitrogen and oxygen atoms in total. The molecule has 1 heterocycles. The van der Waals surface area contributed by atoms with Crippen LogP contribution in [0.2, 0.25) is 5.02 Å². The molecule has 3 rings (SSSR count). The SMILES string of the molecule is FC(F)(F)c1ncn(-c2ccc(C3CC3)cc2Cl)n1. The molecule has 1 aliphatic carbocycles. The third-order valence-electron chi connectivity index (χ3n) is 3.01. The van der Waals surface area contributed by atoms with Crippen molar-refractivity contribution in [3.8, 4) is 5.69 Å². The fraction of sp³-hybridized carbons (Fsp3) is 0.333. The van der Waals surface area contributed by atoms with Crippen LogP contribution in [0.5, 0.6) is 0 Å². The Balaban J connectivity index is 1.95. The molecule has 1 aromatic heterocycles. The van der Waals surface area contributed by atoms with E-state index >= 15 is 0 Å². The number of benzene rings is 1. The molecule has 0 spiro atoms. The van der Waals surface area contributed by atoms with E-state index in [9.17, 15) is 13.2 Å². The summed E-state index contributed by atoms with van der Waals surface area (Å²) in [7, 11) is 0. The molecule has 1 aliphatic rings. The largest absolute Gasteiger partial charge is 0.453 e. The highest BCUT2D eigenvalue weighted by Gasteiger charge is 2.36. The first-order valence-electron chi connectivity index (χ1n) is 5.74. The monoisotopic (exact) mass is 287 g/mol. The number of alkyl halides is 3. The molecule has 0 radical (unpaired) electrons. The van der Waals surface area contributed by atoms with Gasteiger partial charge in [0.1, 0.15) is 6.33 Å². The predicted octanol–water partition coefficient (Wildman–Crippen LogP) is 3.82. The topological polar surface area (TPSA) is 30.7 Å². The van der Waals surface area contributed by atoms with Crippen molar-refractivity contribution in [1.29, 1.82) is 0 Å². The van der Waals surface area contributed by atoms with Gasteiger partial charge >= 0.3 is 6.18 Å². The van der Waals surface area contributed by atoms with Crippen LogP contribution < -0.4 is 0 Å². The minimum Gasteiger partial charge on any atom is -0.219 e. The van der Waals surface area contributed by atoms with E-state index in [1.165, 1.54) is 0 Å². The van der Waals surface area contributed by atoms with Crippen molar-refractivity contribution < 1.29 is 13.2 Å². The van der Waals surface area contributed by atoms with Gasteiger partial charge in [0.25, 0.3) is 5.82 Å². The minimum absolute atomic E-state index is 0.378. The summed E-state index contributed by atoms with van der Waals surface area (Å²) < 4.78 is 38.3. The molecular weight excluding hydrogens is 279 g/mol. The van der Waals surface area contributed by atoms with Crippen LogP contribution in [0.4, 0.5) is 13.2 Å². The zero-order valence-electron chi connectivity index (χ0n) is 9.65. The van der Waals surface area contributed by atoms with Crippen LogP contribution >= 0.6 is 11.6 Å². The Bertz CT molecular complexity index is 617. The molecule has 19 heavy (non-hydrogen) atoms. The first kappa shape index (κ1) is 12.5. The highest BCUT2D eigenvalue weighted by molar-refractivity contribution is 6.32. The van der Waals surface area contributed by atoms with Gasteiger partial charge in [-0.1, -0.05) is 17.7 Å². The molecule has 2 aromatic rings. The first-order valence-corrected chi connectivity index (χ1v) is 6.11. The van der Waals surface area contributed by atoms with Crippen molar-refractivity contribution in [3.05, 3.63) is 40.9 Å². The highest BCUT2D eigenvalue weighted by atomic mass is 35.5. The Morgan fingerprint density at radius 2 is 2.00 bits per heavy atom. The quantitative estimate of drug-likeness (QED) is 0.841. The summed E-state index contributed by atoms with van der Waals surface area (Å²) >= 11 is 6.09. The molecule has 0 atom stereocenters. The summed E-state index contributed by atoms with van der Waals surface area (Å²) in [4.78, 5) is 3.24. The Labute approximate surface area is 112 Å². The van der Waals surface area contributed by atoms with Gasteiger partial charge in [-0.25, -0.2) is 9.67 Å². The van der Waals surface area contributed by atoms with Crippen molar-refractivity contribution in [2.75, 3.05) is 0 Å². The van der Waals surface area contributed by atoms with E-state index in [1.807, 2.05) is 6.07 Å². The van der Waals surface area contributed by atoms with Crippen LogP contribution in [-0.2, 0) is 6.18 Å². The number of hydrogen-bond donors (Lipinski definition) is 0. The van der Waals surface area contributed by atoms with Gasteiger partial charge in [-0.3, -0.25) is 0 Å². The number of hydrogen-bond acceptors (Lipinski definition) is 2. The summed E-state index contributed by atoms with van der Waals surface area (Å²) in [5.41, 5.74) is 1.51. The van der Waals surface area contributed by atoms with Crippen LogP contribution in [0.3, 0.4) is 0 Å². The summed E-state index contributed by atoms with van der Waals surface area (Å²) in [5.74, 6) is -0.636. The molecular formula is C12H9ClF3N3. The molecule has 0 amide bonds. The van der Waals surface area contributed by atoms with E-state index in [0.29, 0.717) is 16.6 Å². The first-order chi connectivity index (χ1) is 8.95. The standard InChI is InChI=1S/C12H9ClF3N3/c13-9-5-8(7-1-2-7)3-4-10(9)19-6-17-11(18-19)12(14,15)16/h3-7H,1-2H2. The van der Waals surface area contributed by atoms with Gasteiger partial charge in [0.05, 0.1) is 10.7 Å². The zero-order valence-corrected chi connectivity index (χ0v) is 10.4. The van der Waals surface area contributed by atoms with Crippen LogP contribution in [-0.4, -0.2) is 14.8 Å². The summed E-state index contributed by atoms with van der Waals surface area (Å²) in [5, 5.41) is 3.78. The second-order valence-corrected chi connectivity index (χ2v) is 4.90. The summed E-state index contributed by atoms with van der Waals surface area (Å²) in [6.07, 6.45) is -1.26. The number of nitrogens with zero attached hydrogens (tertiary/aromatic N) is 3. The van der Waals surface area contributed by atoms with Crippen LogP contribution in [0.15, 0.2) is 24.5 Å². The molecule has 7 heteroatoms. The second-order valence-electron chi connectivity index (χ2n) is 4.50. The molecule has 1 fully saturated rings. The Morgan fingerprint density at radius 3 is 2.53 bits per heavy atom.